The molecule has 9 nitrogen and oxygen atoms in total. The number of imide groups is 1. The number of amides is 2. The number of carbonyl (C=O) groups is 4. The summed E-state index contributed by atoms with van der Waals surface area (Å²) in [7, 11) is 1.19. The van der Waals surface area contributed by atoms with Crippen molar-refractivity contribution in [1.29, 1.82) is 0 Å². The van der Waals surface area contributed by atoms with Crippen molar-refractivity contribution in [2.24, 2.45) is 0 Å². The fourth-order valence-corrected chi connectivity index (χ4v) is 4.95. The minimum atomic E-state index is -1.03. The Hall–Kier alpha value is -3.06. The van der Waals surface area contributed by atoms with Crippen molar-refractivity contribution in [2.45, 2.75) is 26.5 Å². The maximum atomic E-state index is 12.8. The smallest absolute Gasteiger partial charge is 0.335 e. The van der Waals surface area contributed by atoms with E-state index in [0.29, 0.717) is 32.8 Å². The normalized spacial score (nSPS) is 15.3. The van der Waals surface area contributed by atoms with Gasteiger partial charge in [-0.15, -0.1) is 0 Å². The van der Waals surface area contributed by atoms with Gasteiger partial charge in [0.05, 0.1) is 27.8 Å². The second-order valence-electron chi connectivity index (χ2n) is 7.31. The Morgan fingerprint density at radius 2 is 1.94 bits per heavy atom. The summed E-state index contributed by atoms with van der Waals surface area (Å²) in [5, 5.41) is 8.63. The maximum absolute atomic E-state index is 12.8. The molecule has 1 N–H and O–H groups in total. The molecule has 184 valence electrons. The summed E-state index contributed by atoms with van der Waals surface area (Å²) in [6.45, 7) is 3.73. The first kappa shape index (κ1) is 26.5. The van der Waals surface area contributed by atoms with Crippen LogP contribution in [0.15, 0.2) is 41.3 Å². The highest BCUT2D eigenvalue weighted by molar-refractivity contribution is 14.1. The molecular formula is C24H22INO8S. The zero-order valence-electron chi connectivity index (χ0n) is 19.1. The average molecular weight is 611 g/mol. The van der Waals surface area contributed by atoms with E-state index in [9.17, 15) is 24.3 Å². The third-order valence-corrected chi connectivity index (χ3v) is 6.62. The molecular weight excluding hydrogens is 589 g/mol. The first-order chi connectivity index (χ1) is 16.7. The fourth-order valence-electron chi connectivity index (χ4n) is 3.26. The molecule has 0 saturated carbocycles. The van der Waals surface area contributed by atoms with Crippen LogP contribution in [0.25, 0.3) is 6.08 Å². The van der Waals surface area contributed by atoms with E-state index in [1.54, 1.807) is 30.3 Å². The van der Waals surface area contributed by atoms with Crippen LogP contribution in [-0.2, 0) is 20.9 Å². The van der Waals surface area contributed by atoms with Crippen LogP contribution in [-0.4, -0.2) is 52.8 Å². The molecule has 0 aromatic heterocycles. The maximum Gasteiger partial charge on any atom is 0.335 e. The molecule has 0 bridgehead atoms. The number of carboxylic acid groups (broad SMARTS) is 1. The summed E-state index contributed by atoms with van der Waals surface area (Å²) in [5.74, 6) is -1.38. The number of hydrogen-bond acceptors (Lipinski definition) is 8. The summed E-state index contributed by atoms with van der Waals surface area (Å²) in [5.41, 5.74) is 1.45. The Morgan fingerprint density at radius 3 is 2.60 bits per heavy atom. The zero-order valence-corrected chi connectivity index (χ0v) is 22.0. The Kier molecular flexibility index (Phi) is 8.78. The van der Waals surface area contributed by atoms with Crippen LogP contribution in [0.3, 0.4) is 0 Å². The number of rotatable bonds is 9. The van der Waals surface area contributed by atoms with Crippen molar-refractivity contribution < 1.29 is 38.5 Å². The summed E-state index contributed by atoms with van der Waals surface area (Å²) >= 11 is 2.82. The first-order valence-electron chi connectivity index (χ1n) is 10.4. The van der Waals surface area contributed by atoms with Crippen LogP contribution in [0.2, 0.25) is 0 Å². The van der Waals surface area contributed by atoms with Crippen LogP contribution >= 0.6 is 34.4 Å². The summed E-state index contributed by atoms with van der Waals surface area (Å²) in [6, 6.07) is 8.87. The van der Waals surface area contributed by atoms with E-state index in [2.05, 4.69) is 27.3 Å². The number of halogens is 1. The summed E-state index contributed by atoms with van der Waals surface area (Å²) in [4.78, 5) is 49.2. The van der Waals surface area contributed by atoms with Crippen LogP contribution in [0.4, 0.5) is 4.79 Å². The van der Waals surface area contributed by atoms with Crippen molar-refractivity contribution in [3.05, 3.63) is 61.6 Å². The van der Waals surface area contributed by atoms with Crippen LogP contribution < -0.4 is 9.47 Å². The lowest BCUT2D eigenvalue weighted by molar-refractivity contribution is -0.148. The van der Waals surface area contributed by atoms with E-state index < -0.39 is 29.1 Å². The van der Waals surface area contributed by atoms with Gasteiger partial charge in [-0.3, -0.25) is 14.5 Å². The van der Waals surface area contributed by atoms with Crippen molar-refractivity contribution in [3.8, 4) is 11.5 Å². The summed E-state index contributed by atoms with van der Waals surface area (Å²) < 4.78 is 17.0. The van der Waals surface area contributed by atoms with Crippen LogP contribution in [0, 0.1) is 3.57 Å². The van der Waals surface area contributed by atoms with Gasteiger partial charge in [-0.2, -0.15) is 0 Å². The van der Waals surface area contributed by atoms with Gasteiger partial charge in [0.25, 0.3) is 11.1 Å². The van der Waals surface area contributed by atoms with Gasteiger partial charge in [0, 0.05) is 0 Å². The minimum absolute atomic E-state index is 0.126. The Labute approximate surface area is 219 Å². The minimum Gasteiger partial charge on any atom is -0.490 e. The number of thioether (sulfide) groups is 1. The molecule has 0 spiro atoms. The van der Waals surface area contributed by atoms with E-state index in [4.69, 9.17) is 9.47 Å². The highest BCUT2D eigenvalue weighted by atomic mass is 127. The highest BCUT2D eigenvalue weighted by Gasteiger charge is 2.41. The summed E-state index contributed by atoms with van der Waals surface area (Å²) in [6.07, 6.45) is 1.56. The molecule has 0 aliphatic carbocycles. The molecule has 1 saturated heterocycles. The molecule has 1 aliphatic rings. The quantitative estimate of drug-likeness (QED) is 0.247. The van der Waals surface area contributed by atoms with Gasteiger partial charge >= 0.3 is 11.9 Å². The third-order valence-electron chi connectivity index (χ3n) is 4.94. The van der Waals surface area contributed by atoms with Gasteiger partial charge in [-0.05, 0) is 89.7 Å². The van der Waals surface area contributed by atoms with Gasteiger partial charge < -0.3 is 19.3 Å². The van der Waals surface area contributed by atoms with E-state index >= 15 is 0 Å². The van der Waals surface area contributed by atoms with Crippen molar-refractivity contribution in [2.75, 3.05) is 13.7 Å². The second kappa shape index (κ2) is 11.6. The molecule has 2 amide bonds. The molecule has 0 unspecified atom stereocenters. The van der Waals surface area contributed by atoms with E-state index in [1.807, 2.05) is 6.92 Å². The van der Waals surface area contributed by atoms with E-state index in [1.165, 1.54) is 26.2 Å². The fraction of sp³-hybridized carbons (Fsp3) is 0.250. The number of hydrogen-bond donors (Lipinski definition) is 1. The number of benzene rings is 2. The van der Waals surface area contributed by atoms with Crippen molar-refractivity contribution in [3.63, 3.8) is 0 Å². The largest absolute Gasteiger partial charge is 0.490 e. The number of carboxylic acids is 1. The molecule has 1 heterocycles. The van der Waals surface area contributed by atoms with Gasteiger partial charge in [0.2, 0.25) is 0 Å². The number of esters is 1. The van der Waals surface area contributed by atoms with Crippen molar-refractivity contribution in [1.82, 2.24) is 4.90 Å². The monoisotopic (exact) mass is 611 g/mol. The molecule has 11 heteroatoms. The van der Waals surface area contributed by atoms with Crippen molar-refractivity contribution >= 4 is 63.5 Å². The third kappa shape index (κ3) is 6.14. The lowest BCUT2D eigenvalue weighted by atomic mass is 10.1. The first-order valence-corrected chi connectivity index (χ1v) is 12.3. The topological polar surface area (TPSA) is 119 Å². The molecule has 2 aromatic rings. The Morgan fingerprint density at radius 1 is 1.20 bits per heavy atom. The van der Waals surface area contributed by atoms with E-state index in [0.717, 1.165) is 16.7 Å². The second-order valence-corrected chi connectivity index (χ2v) is 9.46. The zero-order chi connectivity index (χ0) is 25.7. The Balaban J connectivity index is 1.86. The SMILES string of the molecule is CCOc1cc(/C=C2/SC(=O)N([C@@H](C)C(=O)OC)C2=O)cc(I)c1OCc1cccc(C(=O)O)c1. The molecule has 3 rings (SSSR count). The molecule has 0 radical (unpaired) electrons. The number of aromatic carboxylic acids is 1. The van der Waals surface area contributed by atoms with E-state index in [-0.39, 0.29) is 17.1 Å². The predicted molar refractivity (Wildman–Crippen MR) is 137 cm³/mol. The van der Waals surface area contributed by atoms with Gasteiger partial charge in [0.1, 0.15) is 12.6 Å². The molecule has 35 heavy (non-hydrogen) atoms. The number of carbonyl (C=O) groups excluding carboxylic acids is 3. The molecule has 1 atom stereocenters. The lowest BCUT2D eigenvalue weighted by Gasteiger charge is -2.18. The molecule has 2 aromatic carbocycles. The van der Waals surface area contributed by atoms with Gasteiger partial charge in [-0.1, -0.05) is 12.1 Å². The number of ether oxygens (including phenoxy) is 3. The Bertz CT molecular complexity index is 1210. The van der Waals surface area contributed by atoms with Crippen LogP contribution in [0.1, 0.15) is 35.3 Å². The van der Waals surface area contributed by atoms with Crippen LogP contribution in [0.5, 0.6) is 11.5 Å². The molecule has 1 fully saturated rings. The highest BCUT2D eigenvalue weighted by Crippen LogP contribution is 2.38. The van der Waals surface area contributed by atoms with Gasteiger partial charge in [0.15, 0.2) is 11.5 Å². The standard InChI is InChI=1S/C24H22INO8S/c1-4-33-18-10-15(11-19-21(27)26(24(31)35-19)13(2)23(30)32-3)9-17(25)20(18)34-12-14-6-5-7-16(8-14)22(28)29/h5-11,13H,4,12H2,1-3H3,(H,28,29)/b19-11+/t13-/m0/s1. The predicted octanol–water partition coefficient (Wildman–Crippen LogP) is 4.56. The number of methoxy groups -OCH3 is 1. The lowest BCUT2D eigenvalue weighted by Crippen LogP contribution is -2.42. The number of nitrogens with zero attached hydrogens (tertiary/aromatic N) is 1. The van der Waals surface area contributed by atoms with Gasteiger partial charge in [-0.25, -0.2) is 9.59 Å². The molecule has 1 aliphatic heterocycles. The average Bonchev–Trinajstić information content (AvgIpc) is 3.10.